The number of amides is 1. The number of morpholine rings is 1. The van der Waals surface area contributed by atoms with E-state index in [1.54, 1.807) is 6.20 Å². The molecule has 17 heavy (non-hydrogen) atoms. The van der Waals surface area contributed by atoms with Crippen molar-refractivity contribution in [2.24, 2.45) is 0 Å². The van der Waals surface area contributed by atoms with Gasteiger partial charge in [0.15, 0.2) is 0 Å². The molecule has 0 spiro atoms. The first-order valence-electron chi connectivity index (χ1n) is 5.78. The Morgan fingerprint density at radius 1 is 1.71 bits per heavy atom. The summed E-state index contributed by atoms with van der Waals surface area (Å²) in [5, 5.41) is 5.97. The summed E-state index contributed by atoms with van der Waals surface area (Å²) in [5.41, 5.74) is 1.97. The Bertz CT molecular complexity index is 389. The number of pyridine rings is 1. The van der Waals surface area contributed by atoms with Crippen LogP contribution in [-0.2, 0) is 16.1 Å². The van der Waals surface area contributed by atoms with Crippen LogP contribution in [0.15, 0.2) is 18.3 Å². The maximum atomic E-state index is 11.8. The lowest BCUT2D eigenvalue weighted by Gasteiger charge is -2.22. The van der Waals surface area contributed by atoms with E-state index < -0.39 is 0 Å². The normalized spacial score (nSPS) is 19.9. The van der Waals surface area contributed by atoms with Gasteiger partial charge in [-0.05, 0) is 18.6 Å². The quantitative estimate of drug-likeness (QED) is 0.774. The van der Waals surface area contributed by atoms with Crippen molar-refractivity contribution in [3.05, 3.63) is 29.6 Å². The first kappa shape index (κ1) is 12.0. The monoisotopic (exact) mass is 235 g/mol. The van der Waals surface area contributed by atoms with Crippen LogP contribution >= 0.6 is 0 Å². The Balaban J connectivity index is 1.85. The van der Waals surface area contributed by atoms with Gasteiger partial charge >= 0.3 is 0 Å². The molecule has 1 aliphatic heterocycles. The molecular formula is C12H17N3O2. The van der Waals surface area contributed by atoms with E-state index >= 15 is 0 Å². The Labute approximate surface area is 101 Å². The third-order valence-corrected chi connectivity index (χ3v) is 2.77. The van der Waals surface area contributed by atoms with Gasteiger partial charge in [-0.3, -0.25) is 9.78 Å². The summed E-state index contributed by atoms with van der Waals surface area (Å²) < 4.78 is 5.36. The van der Waals surface area contributed by atoms with Crippen LogP contribution in [0.4, 0.5) is 0 Å². The van der Waals surface area contributed by atoms with E-state index in [2.05, 4.69) is 15.6 Å². The van der Waals surface area contributed by atoms with E-state index in [1.807, 2.05) is 19.1 Å². The third-order valence-electron chi connectivity index (χ3n) is 2.77. The van der Waals surface area contributed by atoms with Crippen molar-refractivity contribution in [3.63, 3.8) is 0 Å². The predicted molar refractivity (Wildman–Crippen MR) is 63.4 cm³/mol. The smallest absolute Gasteiger partial charge is 0.250 e. The number of aromatic nitrogens is 1. The molecule has 2 heterocycles. The summed E-state index contributed by atoms with van der Waals surface area (Å²) in [4.78, 5) is 16.0. The van der Waals surface area contributed by atoms with Crippen molar-refractivity contribution in [2.75, 3.05) is 19.7 Å². The van der Waals surface area contributed by atoms with Crippen molar-refractivity contribution in [1.82, 2.24) is 15.6 Å². The van der Waals surface area contributed by atoms with E-state index in [4.69, 9.17) is 4.74 Å². The summed E-state index contributed by atoms with van der Waals surface area (Å²) in [7, 11) is 0. The molecule has 1 aromatic heterocycles. The van der Waals surface area contributed by atoms with Crippen molar-refractivity contribution in [3.8, 4) is 0 Å². The molecule has 1 saturated heterocycles. The van der Waals surface area contributed by atoms with Crippen LogP contribution in [-0.4, -0.2) is 36.7 Å². The van der Waals surface area contributed by atoms with Gasteiger partial charge in [-0.25, -0.2) is 0 Å². The number of nitrogens with zero attached hydrogens (tertiary/aromatic N) is 1. The predicted octanol–water partition coefficient (Wildman–Crippen LogP) is -0.00538. The standard InChI is InChI=1S/C12H17N3O2/c1-9-3-2-4-14-10(9)7-15-12(16)11-8-13-5-6-17-11/h2-4,11,13H,5-8H2,1H3,(H,15,16)/t11-/m1/s1. The molecule has 5 heteroatoms. The highest BCUT2D eigenvalue weighted by Gasteiger charge is 2.21. The maximum absolute atomic E-state index is 11.8. The minimum absolute atomic E-state index is 0.0812. The highest BCUT2D eigenvalue weighted by Crippen LogP contribution is 2.03. The lowest BCUT2D eigenvalue weighted by molar-refractivity contribution is -0.134. The van der Waals surface area contributed by atoms with Gasteiger partial charge in [-0.15, -0.1) is 0 Å². The number of aryl methyl sites for hydroxylation is 1. The molecule has 2 N–H and O–H groups in total. The molecule has 1 aliphatic rings. The van der Waals surface area contributed by atoms with Gasteiger partial charge in [0.05, 0.1) is 18.8 Å². The molecule has 1 fully saturated rings. The Kier molecular flexibility index (Phi) is 4.06. The minimum atomic E-state index is -0.382. The fourth-order valence-corrected chi connectivity index (χ4v) is 1.72. The van der Waals surface area contributed by atoms with E-state index in [1.165, 1.54) is 0 Å². The number of hydrogen-bond acceptors (Lipinski definition) is 4. The summed E-state index contributed by atoms with van der Waals surface area (Å²) in [6.07, 6.45) is 1.35. The van der Waals surface area contributed by atoms with Crippen molar-refractivity contribution >= 4 is 5.91 Å². The largest absolute Gasteiger partial charge is 0.366 e. The number of rotatable bonds is 3. The fraction of sp³-hybridized carbons (Fsp3) is 0.500. The lowest BCUT2D eigenvalue weighted by atomic mass is 10.2. The average molecular weight is 235 g/mol. The molecule has 0 aromatic carbocycles. The molecule has 1 atom stereocenters. The molecule has 5 nitrogen and oxygen atoms in total. The Hall–Kier alpha value is -1.46. The molecule has 0 bridgehead atoms. The zero-order chi connectivity index (χ0) is 12.1. The van der Waals surface area contributed by atoms with Crippen LogP contribution in [0.5, 0.6) is 0 Å². The van der Waals surface area contributed by atoms with Crippen LogP contribution in [0.3, 0.4) is 0 Å². The van der Waals surface area contributed by atoms with Crippen molar-refractivity contribution in [1.29, 1.82) is 0 Å². The molecule has 0 aliphatic carbocycles. The number of hydrogen-bond donors (Lipinski definition) is 2. The van der Waals surface area contributed by atoms with Crippen LogP contribution in [0.25, 0.3) is 0 Å². The number of ether oxygens (including phenoxy) is 1. The summed E-state index contributed by atoms with van der Waals surface area (Å²) in [6.45, 7) is 4.40. The SMILES string of the molecule is Cc1cccnc1CNC(=O)[C@H]1CNCCO1. The van der Waals surface area contributed by atoms with Crippen molar-refractivity contribution < 1.29 is 9.53 Å². The minimum Gasteiger partial charge on any atom is -0.366 e. The van der Waals surface area contributed by atoms with Gasteiger partial charge in [0.1, 0.15) is 6.10 Å². The van der Waals surface area contributed by atoms with Gasteiger partial charge in [-0.1, -0.05) is 6.07 Å². The lowest BCUT2D eigenvalue weighted by Crippen LogP contribution is -2.47. The second-order valence-corrected chi connectivity index (χ2v) is 4.05. The van der Waals surface area contributed by atoms with Crippen LogP contribution in [0.1, 0.15) is 11.3 Å². The molecule has 0 saturated carbocycles. The molecule has 2 rings (SSSR count). The highest BCUT2D eigenvalue weighted by atomic mass is 16.5. The van der Waals surface area contributed by atoms with Crippen LogP contribution in [0, 0.1) is 6.92 Å². The summed E-state index contributed by atoms with van der Waals surface area (Å²) in [6, 6.07) is 3.86. The van der Waals surface area contributed by atoms with Crippen LogP contribution < -0.4 is 10.6 Å². The van der Waals surface area contributed by atoms with Gasteiger partial charge in [-0.2, -0.15) is 0 Å². The Morgan fingerprint density at radius 3 is 3.29 bits per heavy atom. The van der Waals surface area contributed by atoms with E-state index in [0.717, 1.165) is 17.8 Å². The molecule has 92 valence electrons. The zero-order valence-electron chi connectivity index (χ0n) is 9.90. The first-order valence-corrected chi connectivity index (χ1v) is 5.78. The molecule has 0 unspecified atom stereocenters. The van der Waals surface area contributed by atoms with Crippen molar-refractivity contribution in [2.45, 2.75) is 19.6 Å². The van der Waals surface area contributed by atoms with Crippen LogP contribution in [0.2, 0.25) is 0 Å². The number of carbonyl (C=O) groups is 1. The molecule has 0 radical (unpaired) electrons. The number of carbonyl (C=O) groups excluding carboxylic acids is 1. The average Bonchev–Trinajstić information content (AvgIpc) is 2.38. The maximum Gasteiger partial charge on any atom is 0.250 e. The van der Waals surface area contributed by atoms with Gasteiger partial charge in [0, 0.05) is 19.3 Å². The van der Waals surface area contributed by atoms with Gasteiger partial charge < -0.3 is 15.4 Å². The number of nitrogens with one attached hydrogen (secondary N) is 2. The van der Waals surface area contributed by atoms with Gasteiger partial charge in [0.2, 0.25) is 0 Å². The topological polar surface area (TPSA) is 63.2 Å². The second-order valence-electron chi connectivity index (χ2n) is 4.05. The molecule has 1 amide bonds. The van der Waals surface area contributed by atoms with E-state index in [-0.39, 0.29) is 12.0 Å². The highest BCUT2D eigenvalue weighted by molar-refractivity contribution is 5.81. The molecular weight excluding hydrogens is 218 g/mol. The fourth-order valence-electron chi connectivity index (χ4n) is 1.72. The third kappa shape index (κ3) is 3.25. The van der Waals surface area contributed by atoms with Gasteiger partial charge in [0.25, 0.3) is 5.91 Å². The summed E-state index contributed by atoms with van der Waals surface area (Å²) in [5.74, 6) is -0.0812. The van der Waals surface area contributed by atoms with E-state index in [0.29, 0.717) is 19.7 Å². The Morgan fingerprint density at radius 2 is 2.59 bits per heavy atom. The zero-order valence-corrected chi connectivity index (χ0v) is 9.90. The second kappa shape index (κ2) is 5.75. The summed E-state index contributed by atoms with van der Waals surface area (Å²) >= 11 is 0. The van der Waals surface area contributed by atoms with E-state index in [9.17, 15) is 4.79 Å². The molecule has 1 aromatic rings. The first-order chi connectivity index (χ1) is 8.27.